The molecule has 0 spiro atoms. The fourth-order valence-corrected chi connectivity index (χ4v) is 3.96. The molecular weight excluding hydrogens is 316 g/mol. The Morgan fingerprint density at radius 2 is 2.12 bits per heavy atom. The van der Waals surface area contributed by atoms with Gasteiger partial charge in [0.25, 0.3) is 0 Å². The maximum Gasteiger partial charge on any atom is 0.226 e. The van der Waals surface area contributed by atoms with Crippen LogP contribution in [0.15, 0.2) is 24.3 Å². The van der Waals surface area contributed by atoms with Gasteiger partial charge in [0.2, 0.25) is 5.91 Å². The van der Waals surface area contributed by atoms with Gasteiger partial charge in [0.05, 0.1) is 11.5 Å². The molecular formula is C20H30N2O3. The highest BCUT2D eigenvalue weighted by molar-refractivity contribution is 5.83. The Hall–Kier alpha value is -1.43. The van der Waals surface area contributed by atoms with Crippen LogP contribution in [-0.4, -0.2) is 55.4 Å². The van der Waals surface area contributed by atoms with Gasteiger partial charge in [-0.3, -0.25) is 9.69 Å². The summed E-state index contributed by atoms with van der Waals surface area (Å²) in [7, 11) is 1.67. The number of nitrogens with zero attached hydrogens (tertiary/aromatic N) is 1. The van der Waals surface area contributed by atoms with E-state index in [9.17, 15) is 9.90 Å². The van der Waals surface area contributed by atoms with E-state index in [1.807, 2.05) is 0 Å². The quantitative estimate of drug-likeness (QED) is 0.753. The lowest BCUT2D eigenvalue weighted by molar-refractivity contribution is -0.138. The number of hydrogen-bond donors (Lipinski definition) is 2. The molecule has 1 atom stereocenters. The van der Waals surface area contributed by atoms with Gasteiger partial charge in [0.15, 0.2) is 0 Å². The van der Waals surface area contributed by atoms with Crippen LogP contribution in [-0.2, 0) is 22.5 Å². The van der Waals surface area contributed by atoms with Gasteiger partial charge in [0.1, 0.15) is 0 Å². The molecule has 3 rings (SSSR count). The van der Waals surface area contributed by atoms with Crippen LogP contribution in [0.4, 0.5) is 0 Å². The zero-order chi connectivity index (χ0) is 17.7. The van der Waals surface area contributed by atoms with E-state index in [0.717, 1.165) is 45.2 Å². The van der Waals surface area contributed by atoms with E-state index in [-0.39, 0.29) is 11.3 Å². The molecule has 1 saturated carbocycles. The molecule has 138 valence electrons. The van der Waals surface area contributed by atoms with E-state index in [1.165, 1.54) is 11.1 Å². The second-order valence-electron chi connectivity index (χ2n) is 7.49. The highest BCUT2D eigenvalue weighted by atomic mass is 16.5. The van der Waals surface area contributed by atoms with Gasteiger partial charge in [0, 0.05) is 39.9 Å². The Morgan fingerprint density at radius 3 is 2.80 bits per heavy atom. The number of aliphatic hydroxyl groups is 1. The molecule has 1 aliphatic heterocycles. The molecule has 5 nitrogen and oxygen atoms in total. The Bertz CT molecular complexity index is 586. The lowest BCUT2D eigenvalue weighted by atomic mass is 9.66. The van der Waals surface area contributed by atoms with Gasteiger partial charge in [-0.2, -0.15) is 0 Å². The Kier molecular flexibility index (Phi) is 6.10. The number of methoxy groups -OCH3 is 1. The lowest BCUT2D eigenvalue weighted by Crippen LogP contribution is -2.49. The number of amides is 1. The Labute approximate surface area is 150 Å². The van der Waals surface area contributed by atoms with Crippen molar-refractivity contribution in [3.63, 3.8) is 0 Å². The van der Waals surface area contributed by atoms with E-state index >= 15 is 0 Å². The molecule has 0 bridgehead atoms. The van der Waals surface area contributed by atoms with Crippen molar-refractivity contribution in [3.8, 4) is 0 Å². The first-order chi connectivity index (χ1) is 12.1. The van der Waals surface area contributed by atoms with Crippen LogP contribution in [0, 0.1) is 5.41 Å². The molecule has 2 N–H and O–H groups in total. The number of aliphatic hydroxyl groups excluding tert-OH is 1. The highest BCUT2D eigenvalue weighted by Crippen LogP contribution is 2.44. The minimum Gasteiger partial charge on any atom is -0.390 e. The second kappa shape index (κ2) is 8.30. The fourth-order valence-electron chi connectivity index (χ4n) is 3.96. The summed E-state index contributed by atoms with van der Waals surface area (Å²) < 4.78 is 5.14. The Morgan fingerprint density at radius 1 is 1.36 bits per heavy atom. The summed E-state index contributed by atoms with van der Waals surface area (Å²) in [6.45, 7) is 3.37. The van der Waals surface area contributed by atoms with Crippen molar-refractivity contribution in [1.82, 2.24) is 10.2 Å². The molecule has 0 aromatic heterocycles. The Balaban J connectivity index is 1.44. The minimum atomic E-state index is -0.534. The minimum absolute atomic E-state index is 0.0823. The van der Waals surface area contributed by atoms with Crippen LogP contribution in [0.1, 0.15) is 36.8 Å². The molecule has 1 aromatic rings. The largest absolute Gasteiger partial charge is 0.390 e. The van der Waals surface area contributed by atoms with Crippen molar-refractivity contribution >= 4 is 5.91 Å². The maximum atomic E-state index is 12.5. The lowest BCUT2D eigenvalue weighted by Gasteiger charge is -2.40. The summed E-state index contributed by atoms with van der Waals surface area (Å²) in [5.41, 5.74) is 2.49. The number of β-amino-alcohol motifs (C(OH)–C–C–N with tert-alkyl or cyclic N) is 1. The van der Waals surface area contributed by atoms with E-state index in [2.05, 4.69) is 34.5 Å². The van der Waals surface area contributed by atoms with Crippen molar-refractivity contribution < 1.29 is 14.6 Å². The van der Waals surface area contributed by atoms with Gasteiger partial charge in [-0.15, -0.1) is 0 Å². The molecule has 1 unspecified atom stereocenters. The molecule has 0 saturated heterocycles. The summed E-state index contributed by atoms with van der Waals surface area (Å²) in [4.78, 5) is 14.8. The number of carbonyl (C=O) groups is 1. The average Bonchev–Trinajstić information content (AvgIpc) is 2.59. The van der Waals surface area contributed by atoms with Crippen LogP contribution in [0.25, 0.3) is 0 Å². The third kappa shape index (κ3) is 4.40. The molecule has 2 aliphatic rings. The summed E-state index contributed by atoms with van der Waals surface area (Å²) in [5.74, 6) is 0.0823. The van der Waals surface area contributed by atoms with Crippen molar-refractivity contribution in [2.24, 2.45) is 5.41 Å². The monoisotopic (exact) mass is 346 g/mol. The molecule has 5 heteroatoms. The molecule has 1 fully saturated rings. The van der Waals surface area contributed by atoms with E-state index < -0.39 is 6.10 Å². The second-order valence-corrected chi connectivity index (χ2v) is 7.49. The number of hydrogen-bond acceptors (Lipinski definition) is 4. The third-order valence-corrected chi connectivity index (χ3v) is 5.75. The van der Waals surface area contributed by atoms with Crippen molar-refractivity contribution in [3.05, 3.63) is 35.4 Å². The summed E-state index contributed by atoms with van der Waals surface area (Å²) in [6.07, 6.45) is 4.23. The number of benzene rings is 1. The van der Waals surface area contributed by atoms with Gasteiger partial charge >= 0.3 is 0 Å². The molecule has 0 radical (unpaired) electrons. The summed E-state index contributed by atoms with van der Waals surface area (Å²) in [5, 5.41) is 13.3. The van der Waals surface area contributed by atoms with Gasteiger partial charge in [-0.25, -0.2) is 0 Å². The van der Waals surface area contributed by atoms with Crippen LogP contribution in [0.2, 0.25) is 0 Å². The number of rotatable bonds is 8. The first-order valence-corrected chi connectivity index (χ1v) is 9.37. The molecule has 1 heterocycles. The van der Waals surface area contributed by atoms with E-state index in [1.54, 1.807) is 7.11 Å². The third-order valence-electron chi connectivity index (χ3n) is 5.75. The first kappa shape index (κ1) is 18.4. The summed E-state index contributed by atoms with van der Waals surface area (Å²) in [6, 6.07) is 8.49. The van der Waals surface area contributed by atoms with Crippen LogP contribution < -0.4 is 5.32 Å². The number of carbonyl (C=O) groups excluding carboxylic acids is 1. The first-order valence-electron chi connectivity index (χ1n) is 9.37. The molecule has 1 amide bonds. The number of ether oxygens (including phenoxy) is 1. The zero-order valence-corrected chi connectivity index (χ0v) is 15.2. The van der Waals surface area contributed by atoms with E-state index in [4.69, 9.17) is 4.74 Å². The van der Waals surface area contributed by atoms with Gasteiger partial charge < -0.3 is 15.2 Å². The zero-order valence-electron chi connectivity index (χ0n) is 15.2. The number of nitrogens with one attached hydrogen (secondary N) is 1. The van der Waals surface area contributed by atoms with Crippen molar-refractivity contribution in [2.45, 2.75) is 44.8 Å². The predicted octanol–water partition coefficient (Wildman–Crippen LogP) is 1.73. The maximum absolute atomic E-state index is 12.5. The fraction of sp³-hybridized carbons (Fsp3) is 0.650. The molecule has 1 aliphatic carbocycles. The predicted molar refractivity (Wildman–Crippen MR) is 97.2 cm³/mol. The van der Waals surface area contributed by atoms with E-state index in [0.29, 0.717) is 19.7 Å². The molecule has 1 aromatic carbocycles. The van der Waals surface area contributed by atoms with Crippen LogP contribution >= 0.6 is 0 Å². The normalized spacial score (nSPS) is 20.4. The average molecular weight is 346 g/mol. The highest BCUT2D eigenvalue weighted by Gasteiger charge is 2.43. The van der Waals surface area contributed by atoms with Crippen LogP contribution in [0.5, 0.6) is 0 Å². The molecule has 25 heavy (non-hydrogen) atoms. The standard InChI is InChI=1S/C20H30N2O3/c1-25-12-10-20(8-4-9-20)19(24)21-13-18(23)15-22-11-7-16-5-2-3-6-17(16)14-22/h2-3,5-6,18,23H,4,7-15H2,1H3,(H,21,24). The van der Waals surface area contributed by atoms with Crippen LogP contribution in [0.3, 0.4) is 0 Å². The van der Waals surface area contributed by atoms with Crippen molar-refractivity contribution in [2.75, 3.05) is 33.4 Å². The topological polar surface area (TPSA) is 61.8 Å². The van der Waals surface area contributed by atoms with Gasteiger partial charge in [-0.05, 0) is 36.8 Å². The number of fused-ring (bicyclic) bond motifs is 1. The van der Waals surface area contributed by atoms with Gasteiger partial charge in [-0.1, -0.05) is 30.7 Å². The SMILES string of the molecule is COCCC1(C(=O)NCC(O)CN2CCc3ccccc3C2)CCC1. The summed E-state index contributed by atoms with van der Waals surface area (Å²) >= 11 is 0. The smallest absolute Gasteiger partial charge is 0.226 e. The van der Waals surface area contributed by atoms with Crippen molar-refractivity contribution in [1.29, 1.82) is 0 Å².